The number of β-lactam (4-membered cyclic amide) rings is 1. The van der Waals surface area contributed by atoms with Gasteiger partial charge < -0.3 is 16.0 Å². The van der Waals surface area contributed by atoms with Gasteiger partial charge in [0.1, 0.15) is 17.5 Å². The number of amides is 3. The van der Waals surface area contributed by atoms with Gasteiger partial charge in [0.25, 0.3) is 0 Å². The lowest BCUT2D eigenvalue weighted by molar-refractivity contribution is -0.154. The molecule has 2 aliphatic rings. The second-order valence-corrected chi connectivity index (χ2v) is 8.14. The first kappa shape index (κ1) is 15.9. The van der Waals surface area contributed by atoms with E-state index in [-0.39, 0.29) is 23.6 Å². The van der Waals surface area contributed by atoms with E-state index in [1.165, 1.54) is 16.7 Å². The number of rotatable bonds is 4. The van der Waals surface area contributed by atoms with E-state index in [0.717, 1.165) is 5.56 Å². The number of hydrogen-bond donors (Lipinski definition) is 2. The van der Waals surface area contributed by atoms with Gasteiger partial charge in [0.15, 0.2) is 0 Å². The molecule has 6 nitrogen and oxygen atoms in total. The molecule has 3 unspecified atom stereocenters. The van der Waals surface area contributed by atoms with Crippen LogP contribution in [0.1, 0.15) is 19.4 Å². The van der Waals surface area contributed by atoms with Crippen LogP contribution < -0.4 is 11.1 Å². The third-order valence-electron chi connectivity index (χ3n) is 4.23. The minimum Gasteiger partial charge on any atom is -0.368 e. The van der Waals surface area contributed by atoms with Gasteiger partial charge in [-0.15, -0.1) is 11.8 Å². The SMILES string of the molecule is CC1(C)SC2C(NC(=O)Cc3ccccc3)C(=O)N2C1C(N)=O. The lowest BCUT2D eigenvalue weighted by atomic mass is 9.95. The minimum absolute atomic E-state index is 0.199. The smallest absolute Gasteiger partial charge is 0.249 e. The van der Waals surface area contributed by atoms with Crippen LogP contribution in [0.3, 0.4) is 0 Å². The number of primary amides is 1. The van der Waals surface area contributed by atoms with Gasteiger partial charge in [-0.1, -0.05) is 30.3 Å². The Bertz CT molecular complexity index is 662. The molecule has 0 saturated carbocycles. The summed E-state index contributed by atoms with van der Waals surface area (Å²) in [4.78, 5) is 37.6. The molecular formula is C16H19N3O3S. The molecule has 122 valence electrons. The molecular weight excluding hydrogens is 314 g/mol. The molecule has 2 aliphatic heterocycles. The number of fused-ring (bicyclic) bond motifs is 1. The van der Waals surface area contributed by atoms with Crippen LogP contribution in [0.2, 0.25) is 0 Å². The van der Waals surface area contributed by atoms with Gasteiger partial charge in [-0.2, -0.15) is 0 Å². The molecule has 0 spiro atoms. The van der Waals surface area contributed by atoms with Crippen molar-refractivity contribution in [3.63, 3.8) is 0 Å². The summed E-state index contributed by atoms with van der Waals surface area (Å²) in [6.45, 7) is 3.78. The number of benzene rings is 1. The van der Waals surface area contributed by atoms with Crippen molar-refractivity contribution in [3.8, 4) is 0 Å². The van der Waals surface area contributed by atoms with Gasteiger partial charge in [0.05, 0.1) is 6.42 Å². The lowest BCUT2D eigenvalue weighted by Crippen LogP contribution is -2.71. The number of hydrogen-bond acceptors (Lipinski definition) is 4. The fraction of sp³-hybridized carbons (Fsp3) is 0.438. The van der Waals surface area contributed by atoms with Crippen LogP contribution in [-0.4, -0.2) is 44.8 Å². The van der Waals surface area contributed by atoms with E-state index < -0.39 is 22.7 Å². The molecule has 0 aromatic heterocycles. The maximum atomic E-state index is 12.3. The third kappa shape index (κ3) is 2.69. The van der Waals surface area contributed by atoms with Crippen LogP contribution in [0.15, 0.2) is 30.3 Å². The van der Waals surface area contributed by atoms with E-state index >= 15 is 0 Å². The zero-order chi connectivity index (χ0) is 16.8. The van der Waals surface area contributed by atoms with E-state index in [2.05, 4.69) is 5.32 Å². The molecule has 23 heavy (non-hydrogen) atoms. The Labute approximate surface area is 138 Å². The van der Waals surface area contributed by atoms with Gasteiger partial charge in [0.2, 0.25) is 17.7 Å². The van der Waals surface area contributed by atoms with Crippen molar-refractivity contribution in [2.75, 3.05) is 0 Å². The maximum absolute atomic E-state index is 12.3. The van der Waals surface area contributed by atoms with Crippen LogP contribution >= 0.6 is 11.8 Å². The van der Waals surface area contributed by atoms with Crippen LogP contribution in [0.5, 0.6) is 0 Å². The van der Waals surface area contributed by atoms with Crippen molar-refractivity contribution in [1.29, 1.82) is 0 Å². The first-order valence-electron chi connectivity index (χ1n) is 7.44. The molecule has 3 atom stereocenters. The highest BCUT2D eigenvalue weighted by atomic mass is 32.2. The zero-order valence-electron chi connectivity index (χ0n) is 13.0. The quantitative estimate of drug-likeness (QED) is 0.773. The van der Waals surface area contributed by atoms with Crippen molar-refractivity contribution in [2.45, 2.75) is 42.5 Å². The molecule has 3 N–H and O–H groups in total. The summed E-state index contributed by atoms with van der Waals surface area (Å²) >= 11 is 1.50. The Balaban J connectivity index is 1.66. The first-order valence-corrected chi connectivity index (χ1v) is 8.32. The fourth-order valence-corrected chi connectivity index (χ4v) is 4.86. The highest BCUT2D eigenvalue weighted by Gasteiger charge is 2.63. The Morgan fingerprint density at radius 3 is 2.57 bits per heavy atom. The Kier molecular flexibility index (Phi) is 3.83. The monoisotopic (exact) mass is 333 g/mol. The summed E-state index contributed by atoms with van der Waals surface area (Å²) in [6, 6.07) is 8.13. The maximum Gasteiger partial charge on any atom is 0.249 e. The first-order chi connectivity index (χ1) is 10.8. The number of nitrogens with two attached hydrogens (primary N) is 1. The Hall–Kier alpha value is -2.02. The highest BCUT2D eigenvalue weighted by Crippen LogP contribution is 2.50. The summed E-state index contributed by atoms with van der Waals surface area (Å²) in [5, 5.41) is 2.55. The molecule has 1 aromatic rings. The summed E-state index contributed by atoms with van der Waals surface area (Å²) in [5.74, 6) is -0.944. The largest absolute Gasteiger partial charge is 0.368 e. The van der Waals surface area contributed by atoms with E-state index in [1.54, 1.807) is 0 Å². The number of carbonyl (C=O) groups is 3. The molecule has 3 rings (SSSR count). The van der Waals surface area contributed by atoms with Gasteiger partial charge in [-0.05, 0) is 19.4 Å². The topological polar surface area (TPSA) is 92.5 Å². The van der Waals surface area contributed by atoms with Crippen LogP contribution in [0.4, 0.5) is 0 Å². The predicted octanol–water partition coefficient (Wildman–Crippen LogP) is 0.262. The van der Waals surface area contributed by atoms with Crippen LogP contribution in [0, 0.1) is 0 Å². The van der Waals surface area contributed by atoms with E-state index in [0.29, 0.717) is 0 Å². The third-order valence-corrected chi connectivity index (χ3v) is 5.81. The molecule has 0 radical (unpaired) electrons. The summed E-state index contributed by atoms with van der Waals surface area (Å²) in [5.41, 5.74) is 6.33. The molecule has 2 saturated heterocycles. The molecule has 1 aromatic carbocycles. The molecule has 2 fully saturated rings. The molecule has 0 aliphatic carbocycles. The van der Waals surface area contributed by atoms with Crippen LogP contribution in [0.25, 0.3) is 0 Å². The number of nitrogens with one attached hydrogen (secondary N) is 1. The van der Waals surface area contributed by atoms with Gasteiger partial charge in [-0.25, -0.2) is 0 Å². The fourth-order valence-electron chi connectivity index (χ4n) is 3.21. The van der Waals surface area contributed by atoms with E-state index in [1.807, 2.05) is 44.2 Å². The average molecular weight is 333 g/mol. The Morgan fingerprint density at radius 2 is 1.96 bits per heavy atom. The van der Waals surface area contributed by atoms with Gasteiger partial charge in [0, 0.05) is 4.75 Å². The number of nitrogens with zero attached hydrogens (tertiary/aromatic N) is 1. The lowest BCUT2D eigenvalue weighted by Gasteiger charge is -2.43. The number of carbonyl (C=O) groups excluding carboxylic acids is 3. The predicted molar refractivity (Wildman–Crippen MR) is 87.4 cm³/mol. The van der Waals surface area contributed by atoms with Gasteiger partial charge in [-0.3, -0.25) is 14.4 Å². The molecule has 0 bridgehead atoms. The average Bonchev–Trinajstić information content (AvgIpc) is 2.74. The zero-order valence-corrected chi connectivity index (χ0v) is 13.8. The second-order valence-electron chi connectivity index (χ2n) is 6.37. The second kappa shape index (κ2) is 5.56. The molecule has 3 amide bonds. The highest BCUT2D eigenvalue weighted by molar-refractivity contribution is 8.01. The normalized spacial score (nSPS) is 28.0. The molecule has 7 heteroatoms. The number of thioether (sulfide) groups is 1. The van der Waals surface area contributed by atoms with Crippen molar-refractivity contribution < 1.29 is 14.4 Å². The summed E-state index contributed by atoms with van der Waals surface area (Å²) in [6.07, 6.45) is 0.227. The summed E-state index contributed by atoms with van der Waals surface area (Å²) < 4.78 is -0.453. The van der Waals surface area contributed by atoms with Crippen molar-refractivity contribution in [2.24, 2.45) is 5.73 Å². The van der Waals surface area contributed by atoms with E-state index in [4.69, 9.17) is 5.73 Å². The van der Waals surface area contributed by atoms with Crippen molar-refractivity contribution >= 4 is 29.5 Å². The van der Waals surface area contributed by atoms with Gasteiger partial charge >= 0.3 is 0 Å². The Morgan fingerprint density at radius 1 is 1.30 bits per heavy atom. The van der Waals surface area contributed by atoms with Crippen LogP contribution in [-0.2, 0) is 20.8 Å². The minimum atomic E-state index is -0.632. The van der Waals surface area contributed by atoms with E-state index in [9.17, 15) is 14.4 Å². The summed E-state index contributed by atoms with van der Waals surface area (Å²) in [7, 11) is 0. The molecule has 2 heterocycles. The van der Waals surface area contributed by atoms with Crippen molar-refractivity contribution in [1.82, 2.24) is 10.2 Å². The standard InChI is InChI=1S/C16H19N3O3S/c1-16(2)12(13(17)21)19-14(22)11(15(19)23-16)18-10(20)8-9-6-4-3-5-7-9/h3-7,11-12,15H,8H2,1-2H3,(H2,17,21)(H,18,20). The van der Waals surface area contributed by atoms with Crippen molar-refractivity contribution in [3.05, 3.63) is 35.9 Å².